The quantitative estimate of drug-likeness (QED) is 0.187. The van der Waals surface area contributed by atoms with Crippen LogP contribution in [-0.4, -0.2) is 9.13 Å². The van der Waals surface area contributed by atoms with Gasteiger partial charge in [-0.15, -0.1) is 0 Å². The van der Waals surface area contributed by atoms with Crippen LogP contribution in [0.3, 0.4) is 0 Å². The molecule has 46 heavy (non-hydrogen) atoms. The summed E-state index contributed by atoms with van der Waals surface area (Å²) in [4.78, 5) is 0. The van der Waals surface area contributed by atoms with Crippen molar-refractivity contribution in [1.29, 1.82) is 0 Å². The van der Waals surface area contributed by atoms with E-state index in [4.69, 9.17) is 16.4 Å². The van der Waals surface area contributed by atoms with E-state index >= 15 is 0 Å². The summed E-state index contributed by atoms with van der Waals surface area (Å²) in [5, 5.41) is -0.925. The van der Waals surface area contributed by atoms with Crippen LogP contribution in [0.25, 0.3) is 66.1 Å². The molecule has 0 saturated heterocycles. The lowest BCUT2D eigenvalue weighted by atomic mass is 9.86. The Morgan fingerprint density at radius 1 is 0.435 bits per heavy atom. The van der Waals surface area contributed by atoms with E-state index in [1.807, 2.05) is 0 Å². The third-order valence-corrected chi connectivity index (χ3v) is 7.90. The highest BCUT2D eigenvalue weighted by atomic mass is 15.0. The van der Waals surface area contributed by atoms with Gasteiger partial charge in [0.2, 0.25) is 0 Å². The van der Waals surface area contributed by atoms with Crippen molar-refractivity contribution in [2.75, 3.05) is 0 Å². The number of hydrogen-bond donors (Lipinski definition) is 0. The second kappa shape index (κ2) is 10.2. The fourth-order valence-corrected chi connectivity index (χ4v) is 5.50. The highest BCUT2D eigenvalue weighted by Crippen LogP contribution is 2.38. The summed E-state index contributed by atoms with van der Waals surface area (Å²) in [6.07, 6.45) is 0. The van der Waals surface area contributed by atoms with E-state index in [1.165, 1.54) is 0 Å². The van der Waals surface area contributed by atoms with Crippen molar-refractivity contribution in [3.8, 4) is 22.5 Å². The molecule has 0 N–H and O–H groups in total. The van der Waals surface area contributed by atoms with Gasteiger partial charge in [0.1, 0.15) is 0 Å². The van der Waals surface area contributed by atoms with E-state index in [-0.39, 0.29) is 95.7 Å². The topological polar surface area (TPSA) is 9.86 Å². The molecule has 0 atom stereocenters. The van der Waals surface area contributed by atoms with Gasteiger partial charge in [0, 0.05) is 32.9 Å². The van der Waals surface area contributed by atoms with Crippen LogP contribution in [-0.2, 0) is 10.8 Å². The van der Waals surface area contributed by atoms with Crippen molar-refractivity contribution >= 4 is 43.6 Å². The summed E-state index contributed by atoms with van der Waals surface area (Å²) in [6.45, 7) is 10.3. The van der Waals surface area contributed by atoms with Gasteiger partial charge in [0.15, 0.2) is 0 Å². The molecule has 8 rings (SSSR count). The zero-order chi connectivity index (χ0) is 49.2. The Morgan fingerprint density at radius 3 is 1.50 bits per heavy atom. The van der Waals surface area contributed by atoms with Crippen molar-refractivity contribution in [2.24, 2.45) is 0 Å². The Hall–Kier alpha value is -5.08. The molecule has 0 fully saturated rings. The molecule has 0 spiro atoms. The summed E-state index contributed by atoms with van der Waals surface area (Å²) in [5.74, 6) is 0. The summed E-state index contributed by atoms with van der Waals surface area (Å²) in [5.41, 5.74) is -4.29. The first-order valence-corrected chi connectivity index (χ1v) is 14.7. The molecule has 0 radical (unpaired) electrons. The van der Waals surface area contributed by atoms with Crippen LogP contribution in [0.5, 0.6) is 0 Å². The minimum absolute atomic E-state index is 0.0588. The van der Waals surface area contributed by atoms with Gasteiger partial charge in [-0.25, -0.2) is 0 Å². The van der Waals surface area contributed by atoms with E-state index in [9.17, 15) is 11.0 Å². The highest BCUT2D eigenvalue weighted by molar-refractivity contribution is 6.10. The smallest absolute Gasteiger partial charge is 0.0651 e. The third-order valence-electron chi connectivity index (χ3n) is 7.90. The average Bonchev–Trinajstić information content (AvgIpc) is 3.77. The minimum Gasteiger partial charge on any atom is -0.309 e. The number of aromatic nitrogens is 2. The SMILES string of the molecule is [2H]c1cc(-c2cc(-n3c4c([2H])c([2H])c([2H])c([2H])c4c4c([2H])c([2H])c(C(C)(C)C)c([2H])c43)c([2H])c([2H])c2[2H])c([2H])c(-n2c3c([2H])c([2H])c([2H])c([2H])c3c3c([2H])c([2H])c(C(C)(C)C)c([2H])c32)c1[2H]. The van der Waals surface area contributed by atoms with E-state index in [0.717, 1.165) is 21.3 Å². The summed E-state index contributed by atoms with van der Waals surface area (Å²) in [6, 6.07) is -9.44. The minimum atomic E-state index is -0.950. The van der Waals surface area contributed by atoms with Crippen molar-refractivity contribution in [2.45, 2.75) is 52.4 Å². The van der Waals surface area contributed by atoms with Crippen LogP contribution in [0, 0.1) is 0 Å². The molecule has 0 unspecified atom stereocenters. The number of para-hydroxylation sites is 2. The molecule has 0 saturated carbocycles. The molecule has 2 heteroatoms. The zero-order valence-corrected chi connectivity index (χ0v) is 26.0. The Morgan fingerprint density at radius 2 is 0.935 bits per heavy atom. The number of fused-ring (bicyclic) bond motifs is 6. The van der Waals surface area contributed by atoms with Gasteiger partial charge in [0.05, 0.1) is 49.5 Å². The van der Waals surface area contributed by atoms with E-state index < -0.39 is 113 Å². The fraction of sp³-hybridized carbons (Fsp3) is 0.182. The normalized spacial score (nSPS) is 18.7. The summed E-state index contributed by atoms with van der Waals surface area (Å²) >= 11 is 0. The fourth-order valence-electron chi connectivity index (χ4n) is 5.50. The summed E-state index contributed by atoms with van der Waals surface area (Å²) in [7, 11) is 0. The average molecular weight is 617 g/mol. The van der Waals surface area contributed by atoms with Crippen LogP contribution in [0.1, 0.15) is 80.1 Å². The predicted octanol–water partition coefficient (Wildman–Crippen LogP) is 12.1. The second-order valence-corrected chi connectivity index (χ2v) is 13.2. The van der Waals surface area contributed by atoms with Crippen LogP contribution in [0.2, 0.25) is 0 Å². The third kappa shape index (κ3) is 4.55. The Kier molecular flexibility index (Phi) is 3.14. The van der Waals surface area contributed by atoms with Crippen molar-refractivity contribution in [3.63, 3.8) is 0 Å². The molecule has 2 heterocycles. The lowest BCUT2D eigenvalue weighted by Gasteiger charge is -2.20. The molecular formula is C44H40N2. The predicted molar refractivity (Wildman–Crippen MR) is 198 cm³/mol. The molecule has 2 nitrogen and oxygen atoms in total. The molecule has 0 aliphatic heterocycles. The number of hydrogen-bond acceptors (Lipinski definition) is 0. The van der Waals surface area contributed by atoms with E-state index in [2.05, 4.69) is 0 Å². The van der Waals surface area contributed by atoms with Crippen LogP contribution in [0.15, 0.2) is 133 Å². The maximum absolute atomic E-state index is 9.80. The first kappa shape index (κ1) is 14.1. The van der Waals surface area contributed by atoms with Gasteiger partial charge in [-0.1, -0.05) is 126 Å². The Bertz CT molecular complexity index is 3550. The molecule has 0 aliphatic rings. The molecule has 8 aromatic rings. The van der Waals surface area contributed by atoms with Gasteiger partial charge < -0.3 is 9.13 Å². The number of nitrogens with zero attached hydrogens (tertiary/aromatic N) is 2. The first-order chi connectivity index (χ1) is 30.4. The number of rotatable bonds is 3. The van der Waals surface area contributed by atoms with Crippen LogP contribution < -0.4 is 0 Å². The van der Waals surface area contributed by atoms with Gasteiger partial charge in [-0.05, 0) is 81.4 Å². The molecular weight excluding hydrogens is 556 g/mol. The lowest BCUT2D eigenvalue weighted by molar-refractivity contribution is 0.590. The highest BCUT2D eigenvalue weighted by Gasteiger charge is 2.20. The zero-order valence-electron chi connectivity index (χ0n) is 46.0. The molecule has 6 aromatic carbocycles. The largest absolute Gasteiger partial charge is 0.309 e. The van der Waals surface area contributed by atoms with Gasteiger partial charge >= 0.3 is 0 Å². The molecule has 2 aromatic heterocycles. The Balaban J connectivity index is 1.59. The van der Waals surface area contributed by atoms with E-state index in [0.29, 0.717) is 0 Å². The van der Waals surface area contributed by atoms with Crippen molar-refractivity contribution in [1.82, 2.24) is 9.13 Å². The second-order valence-electron chi connectivity index (χ2n) is 13.2. The maximum atomic E-state index is 9.80. The van der Waals surface area contributed by atoms with Gasteiger partial charge in [-0.3, -0.25) is 0 Å². The van der Waals surface area contributed by atoms with Crippen LogP contribution in [0.4, 0.5) is 0 Å². The number of benzene rings is 6. The Labute approximate surface area is 299 Å². The summed E-state index contributed by atoms with van der Waals surface area (Å²) < 4.78 is 184. The van der Waals surface area contributed by atoms with Crippen molar-refractivity contribution < 1.29 is 27.4 Å². The molecule has 0 amide bonds. The molecule has 0 bridgehead atoms. The van der Waals surface area contributed by atoms with Crippen LogP contribution >= 0.6 is 0 Å². The monoisotopic (exact) mass is 616 g/mol. The van der Waals surface area contributed by atoms with Crippen molar-refractivity contribution in [3.05, 3.63) is 144 Å². The standard InChI is InChI=1S/C44H40N2/c1-43(2,3)31-21-23-37-35-17-7-9-19-39(35)45(41(37)27-31)33-15-11-13-29(25-33)30-14-12-16-34(26-30)46-40-20-10-8-18-36(40)38-24-22-32(28-42(38)46)44(4,5)6/h7-28H,1-6H3/i7D,8D,9D,10D,11D,12D,13D,15D,16D,17D,18D,19D,20D,21D,22D,23D,24D,26D,27D,28D. The first-order valence-electron chi connectivity index (χ1n) is 24.7. The van der Waals surface area contributed by atoms with Gasteiger partial charge in [-0.2, -0.15) is 0 Å². The maximum Gasteiger partial charge on any atom is 0.0651 e. The molecule has 0 aliphatic carbocycles. The molecule has 226 valence electrons. The van der Waals surface area contributed by atoms with Gasteiger partial charge in [0.25, 0.3) is 0 Å². The lowest BCUT2D eigenvalue weighted by Crippen LogP contribution is -2.10. The van der Waals surface area contributed by atoms with E-state index in [1.54, 1.807) is 41.5 Å².